The summed E-state index contributed by atoms with van der Waals surface area (Å²) in [5.41, 5.74) is 3.96. The van der Waals surface area contributed by atoms with E-state index in [0.717, 1.165) is 23.2 Å². The molecule has 0 radical (unpaired) electrons. The number of halogens is 1. The van der Waals surface area contributed by atoms with Gasteiger partial charge in [0.2, 0.25) is 0 Å². The molecule has 1 aromatic heterocycles. The number of aryl methyl sites for hydroxylation is 1. The zero-order valence-corrected chi connectivity index (χ0v) is 14.5. The molecule has 1 heterocycles. The number of thiophene rings is 1. The van der Waals surface area contributed by atoms with Crippen molar-refractivity contribution in [2.24, 2.45) is 0 Å². The zero-order valence-electron chi connectivity index (χ0n) is 12.1. The molecule has 0 saturated heterocycles. The molecule has 0 aliphatic rings. The maximum absolute atomic E-state index is 5.31. The summed E-state index contributed by atoms with van der Waals surface area (Å²) in [4.78, 5) is 0. The van der Waals surface area contributed by atoms with Crippen molar-refractivity contribution in [1.29, 1.82) is 0 Å². The third kappa shape index (κ3) is 3.43. The third-order valence-electron chi connectivity index (χ3n) is 3.31. The van der Waals surface area contributed by atoms with E-state index in [-0.39, 0.29) is 6.04 Å². The summed E-state index contributed by atoms with van der Waals surface area (Å²) in [6.45, 7) is 5.36. The van der Waals surface area contributed by atoms with Crippen LogP contribution in [0.3, 0.4) is 0 Å². The number of ether oxygens (including phenoxy) is 1. The van der Waals surface area contributed by atoms with E-state index in [1.807, 2.05) is 6.07 Å². The monoisotopic (exact) mass is 353 g/mol. The fourth-order valence-corrected chi connectivity index (χ4v) is 3.66. The first-order valence-electron chi connectivity index (χ1n) is 6.76. The molecule has 0 aliphatic heterocycles. The van der Waals surface area contributed by atoms with Crippen molar-refractivity contribution in [3.63, 3.8) is 0 Å². The quantitative estimate of drug-likeness (QED) is 0.795. The lowest BCUT2D eigenvalue weighted by atomic mass is 9.98. The van der Waals surface area contributed by atoms with Crippen molar-refractivity contribution in [2.45, 2.75) is 26.3 Å². The summed E-state index contributed by atoms with van der Waals surface area (Å²) in [6.07, 6.45) is 1.12. The molecule has 0 spiro atoms. The highest BCUT2D eigenvalue weighted by Crippen LogP contribution is 2.32. The van der Waals surface area contributed by atoms with Gasteiger partial charge in [-0.05, 0) is 75.4 Å². The lowest BCUT2D eigenvalue weighted by Gasteiger charge is -2.20. The average molecular weight is 354 g/mol. The molecule has 4 heteroatoms. The van der Waals surface area contributed by atoms with Crippen molar-refractivity contribution < 1.29 is 4.74 Å². The van der Waals surface area contributed by atoms with Crippen LogP contribution >= 0.6 is 27.3 Å². The maximum Gasteiger partial charge on any atom is 0.133 e. The average Bonchev–Trinajstić information content (AvgIpc) is 2.86. The Labute approximate surface area is 133 Å². The van der Waals surface area contributed by atoms with Crippen LogP contribution in [0.25, 0.3) is 0 Å². The minimum atomic E-state index is 0.239. The van der Waals surface area contributed by atoms with Crippen LogP contribution in [0, 0.1) is 6.92 Å². The van der Waals surface area contributed by atoms with Crippen LogP contribution in [0.5, 0.6) is 5.75 Å². The van der Waals surface area contributed by atoms with Crippen LogP contribution in [0.4, 0.5) is 0 Å². The van der Waals surface area contributed by atoms with Gasteiger partial charge in [0.05, 0.1) is 17.6 Å². The summed E-state index contributed by atoms with van der Waals surface area (Å²) in [6, 6.07) is 6.53. The Bertz CT molecular complexity index is 567. The van der Waals surface area contributed by atoms with E-state index >= 15 is 0 Å². The molecule has 20 heavy (non-hydrogen) atoms. The van der Waals surface area contributed by atoms with Crippen molar-refractivity contribution >= 4 is 27.3 Å². The van der Waals surface area contributed by atoms with Gasteiger partial charge in [-0.15, -0.1) is 0 Å². The molecule has 108 valence electrons. The lowest BCUT2D eigenvalue weighted by molar-refractivity contribution is 0.411. The molecule has 0 amide bonds. The molecular weight excluding hydrogens is 334 g/mol. The van der Waals surface area contributed by atoms with Crippen molar-refractivity contribution in [2.75, 3.05) is 13.7 Å². The first kappa shape index (κ1) is 15.5. The highest BCUT2D eigenvalue weighted by Gasteiger charge is 2.17. The fraction of sp³-hybridized carbons (Fsp3) is 0.375. The number of rotatable bonds is 6. The molecule has 0 fully saturated rings. The van der Waals surface area contributed by atoms with Gasteiger partial charge in [0, 0.05) is 0 Å². The van der Waals surface area contributed by atoms with E-state index in [2.05, 4.69) is 58.0 Å². The topological polar surface area (TPSA) is 21.3 Å². The van der Waals surface area contributed by atoms with E-state index in [1.54, 1.807) is 18.4 Å². The second-order valence-electron chi connectivity index (χ2n) is 4.79. The fourth-order valence-electron chi connectivity index (χ4n) is 2.22. The Morgan fingerprint density at radius 1 is 1.35 bits per heavy atom. The normalized spacial score (nSPS) is 12.4. The zero-order chi connectivity index (χ0) is 14.5. The van der Waals surface area contributed by atoms with E-state index in [4.69, 9.17) is 4.74 Å². The maximum atomic E-state index is 5.31. The molecule has 1 atom stereocenters. The predicted molar refractivity (Wildman–Crippen MR) is 89.9 cm³/mol. The molecule has 1 N–H and O–H groups in total. The predicted octanol–water partition coefficient (Wildman–Crippen LogP) is 4.92. The third-order valence-corrected chi connectivity index (χ3v) is 4.81. The Morgan fingerprint density at radius 2 is 2.15 bits per heavy atom. The Balaban J connectivity index is 2.36. The molecule has 1 aromatic carbocycles. The highest BCUT2D eigenvalue weighted by atomic mass is 79.9. The summed E-state index contributed by atoms with van der Waals surface area (Å²) in [7, 11) is 1.69. The van der Waals surface area contributed by atoms with E-state index in [9.17, 15) is 0 Å². The SMILES string of the molecule is CCCNC(c1ccc(OC)c(Br)c1)c1cscc1C. The van der Waals surface area contributed by atoms with E-state index in [0.29, 0.717) is 0 Å². The molecule has 0 saturated carbocycles. The Morgan fingerprint density at radius 3 is 2.70 bits per heavy atom. The molecule has 2 rings (SSSR count). The summed E-state index contributed by atoms with van der Waals surface area (Å²) in [5, 5.41) is 8.08. The largest absolute Gasteiger partial charge is 0.496 e. The van der Waals surface area contributed by atoms with Gasteiger partial charge in [-0.3, -0.25) is 0 Å². The van der Waals surface area contributed by atoms with Crippen LogP contribution < -0.4 is 10.1 Å². The summed E-state index contributed by atoms with van der Waals surface area (Å²) in [5.74, 6) is 0.866. The standard InChI is InChI=1S/C16H20BrNOS/c1-4-7-18-16(13-10-20-9-11(13)2)12-5-6-15(19-3)14(17)8-12/h5-6,8-10,16,18H,4,7H2,1-3H3. The molecule has 2 nitrogen and oxygen atoms in total. The van der Waals surface area contributed by atoms with Crippen molar-refractivity contribution in [3.8, 4) is 5.75 Å². The second kappa shape index (κ2) is 7.25. The van der Waals surface area contributed by atoms with Gasteiger partial charge in [-0.25, -0.2) is 0 Å². The van der Waals surface area contributed by atoms with Gasteiger partial charge in [0.1, 0.15) is 5.75 Å². The van der Waals surface area contributed by atoms with Gasteiger partial charge >= 0.3 is 0 Å². The first-order valence-corrected chi connectivity index (χ1v) is 8.50. The van der Waals surface area contributed by atoms with Crippen LogP contribution in [0.1, 0.15) is 36.1 Å². The van der Waals surface area contributed by atoms with Gasteiger partial charge < -0.3 is 10.1 Å². The Kier molecular flexibility index (Phi) is 5.64. The van der Waals surface area contributed by atoms with Crippen molar-refractivity contribution in [1.82, 2.24) is 5.32 Å². The van der Waals surface area contributed by atoms with Crippen LogP contribution in [-0.4, -0.2) is 13.7 Å². The summed E-state index contributed by atoms with van der Waals surface area (Å²) < 4.78 is 6.30. The molecular formula is C16H20BrNOS. The van der Waals surface area contributed by atoms with Crippen molar-refractivity contribution in [3.05, 3.63) is 50.1 Å². The smallest absolute Gasteiger partial charge is 0.133 e. The number of benzene rings is 1. The highest BCUT2D eigenvalue weighted by molar-refractivity contribution is 9.10. The number of methoxy groups -OCH3 is 1. The molecule has 0 bridgehead atoms. The number of hydrogen-bond acceptors (Lipinski definition) is 3. The minimum Gasteiger partial charge on any atom is -0.496 e. The second-order valence-corrected chi connectivity index (χ2v) is 6.39. The molecule has 0 aliphatic carbocycles. The number of hydrogen-bond donors (Lipinski definition) is 1. The van der Waals surface area contributed by atoms with Gasteiger partial charge in [-0.1, -0.05) is 13.0 Å². The van der Waals surface area contributed by atoms with E-state index in [1.165, 1.54) is 16.7 Å². The van der Waals surface area contributed by atoms with Crippen LogP contribution in [-0.2, 0) is 0 Å². The van der Waals surface area contributed by atoms with Gasteiger partial charge in [0.15, 0.2) is 0 Å². The lowest BCUT2D eigenvalue weighted by Crippen LogP contribution is -2.23. The Hall–Kier alpha value is -0.840. The first-order chi connectivity index (χ1) is 9.67. The van der Waals surface area contributed by atoms with Crippen LogP contribution in [0.15, 0.2) is 33.4 Å². The molecule has 2 aromatic rings. The van der Waals surface area contributed by atoms with Crippen LogP contribution in [0.2, 0.25) is 0 Å². The van der Waals surface area contributed by atoms with Gasteiger partial charge in [0.25, 0.3) is 0 Å². The van der Waals surface area contributed by atoms with Gasteiger partial charge in [-0.2, -0.15) is 11.3 Å². The summed E-state index contributed by atoms with van der Waals surface area (Å²) >= 11 is 5.33. The minimum absolute atomic E-state index is 0.239. The number of nitrogens with one attached hydrogen (secondary N) is 1. The molecule has 1 unspecified atom stereocenters. The van der Waals surface area contributed by atoms with E-state index < -0.39 is 0 Å².